The highest BCUT2D eigenvalue weighted by Crippen LogP contribution is 2.26. The molecule has 18 heavy (non-hydrogen) atoms. The van der Waals surface area contributed by atoms with Gasteiger partial charge < -0.3 is 9.88 Å². The van der Waals surface area contributed by atoms with Gasteiger partial charge in [0.2, 0.25) is 5.95 Å². The molecule has 1 saturated heterocycles. The Morgan fingerprint density at radius 2 is 2.00 bits per heavy atom. The van der Waals surface area contributed by atoms with Crippen LogP contribution in [0.25, 0.3) is 0 Å². The molecule has 2 aliphatic rings. The smallest absolute Gasteiger partial charge is 0.202 e. The fraction of sp³-hybridized carbons (Fsp3) is 0.786. The lowest BCUT2D eigenvalue weighted by Gasteiger charge is -2.23. The molecule has 1 aliphatic heterocycles. The average Bonchev–Trinajstić information content (AvgIpc) is 3.04. The molecule has 2 heterocycles. The molecule has 1 aliphatic carbocycles. The summed E-state index contributed by atoms with van der Waals surface area (Å²) < 4.78 is 2.33. The second kappa shape index (κ2) is 6.00. The summed E-state index contributed by atoms with van der Waals surface area (Å²) in [5.41, 5.74) is 0. The number of imidazole rings is 1. The SMILES string of the molecule is c1cn(CC2CCSCC2)c(NC2CCCC2)n1. The predicted octanol–water partition coefficient (Wildman–Crippen LogP) is 3.38. The lowest BCUT2D eigenvalue weighted by molar-refractivity contribution is 0.418. The maximum Gasteiger partial charge on any atom is 0.202 e. The molecular weight excluding hydrogens is 242 g/mol. The normalized spacial score (nSPS) is 22.4. The van der Waals surface area contributed by atoms with Crippen LogP contribution in [-0.2, 0) is 6.54 Å². The Hall–Kier alpha value is -0.640. The molecule has 1 N–H and O–H groups in total. The Kier molecular flexibility index (Phi) is 4.13. The molecule has 0 bridgehead atoms. The molecule has 0 amide bonds. The second-order valence-electron chi connectivity index (χ2n) is 5.58. The van der Waals surface area contributed by atoms with Gasteiger partial charge in [0.05, 0.1) is 0 Å². The number of thioether (sulfide) groups is 1. The molecule has 0 radical (unpaired) electrons. The molecule has 100 valence electrons. The molecule has 1 saturated carbocycles. The van der Waals surface area contributed by atoms with Crippen molar-refractivity contribution >= 4 is 17.7 Å². The monoisotopic (exact) mass is 265 g/mol. The van der Waals surface area contributed by atoms with Crippen molar-refractivity contribution in [3.05, 3.63) is 12.4 Å². The molecule has 4 heteroatoms. The number of anilines is 1. The Balaban J connectivity index is 1.59. The van der Waals surface area contributed by atoms with E-state index in [0.717, 1.165) is 18.4 Å². The van der Waals surface area contributed by atoms with E-state index in [1.807, 2.05) is 6.20 Å². The lowest BCUT2D eigenvalue weighted by Crippen LogP contribution is -2.21. The highest BCUT2D eigenvalue weighted by atomic mass is 32.2. The molecule has 0 unspecified atom stereocenters. The van der Waals surface area contributed by atoms with Crippen LogP contribution in [0.5, 0.6) is 0 Å². The zero-order valence-corrected chi connectivity index (χ0v) is 11.8. The van der Waals surface area contributed by atoms with Gasteiger partial charge in [0.25, 0.3) is 0 Å². The van der Waals surface area contributed by atoms with Gasteiger partial charge in [-0.3, -0.25) is 0 Å². The zero-order chi connectivity index (χ0) is 12.2. The van der Waals surface area contributed by atoms with Gasteiger partial charge >= 0.3 is 0 Å². The van der Waals surface area contributed by atoms with E-state index in [0.29, 0.717) is 6.04 Å². The van der Waals surface area contributed by atoms with Gasteiger partial charge in [-0.05, 0) is 43.1 Å². The number of nitrogens with one attached hydrogen (secondary N) is 1. The van der Waals surface area contributed by atoms with E-state index in [-0.39, 0.29) is 0 Å². The number of hydrogen-bond donors (Lipinski definition) is 1. The van der Waals surface area contributed by atoms with Gasteiger partial charge in [0.15, 0.2) is 0 Å². The van der Waals surface area contributed by atoms with E-state index in [1.54, 1.807) is 0 Å². The first-order valence-corrected chi connectivity index (χ1v) is 8.43. The van der Waals surface area contributed by atoms with E-state index in [2.05, 4.69) is 32.8 Å². The Morgan fingerprint density at radius 3 is 2.78 bits per heavy atom. The second-order valence-corrected chi connectivity index (χ2v) is 6.81. The third-order valence-electron chi connectivity index (χ3n) is 4.20. The summed E-state index contributed by atoms with van der Waals surface area (Å²) in [6.07, 6.45) is 12.2. The standard InChI is InChI=1S/C14H23N3S/c1-2-4-13(3-1)16-14-15-7-8-17(14)11-12-5-9-18-10-6-12/h7-8,12-13H,1-6,9-11H2,(H,15,16). The molecule has 2 fully saturated rings. The fourth-order valence-electron chi connectivity index (χ4n) is 3.06. The Bertz CT molecular complexity index is 365. The molecule has 1 aromatic rings. The summed E-state index contributed by atoms with van der Waals surface area (Å²) >= 11 is 2.10. The summed E-state index contributed by atoms with van der Waals surface area (Å²) in [5, 5.41) is 3.63. The maximum atomic E-state index is 4.49. The van der Waals surface area contributed by atoms with Crippen LogP contribution in [0, 0.1) is 5.92 Å². The third-order valence-corrected chi connectivity index (χ3v) is 5.25. The van der Waals surface area contributed by atoms with Crippen LogP contribution in [0.2, 0.25) is 0 Å². The average molecular weight is 265 g/mol. The summed E-state index contributed by atoms with van der Waals surface area (Å²) in [6.45, 7) is 1.15. The van der Waals surface area contributed by atoms with Gasteiger partial charge in [0.1, 0.15) is 0 Å². The van der Waals surface area contributed by atoms with E-state index < -0.39 is 0 Å². The molecule has 0 atom stereocenters. The molecular formula is C14H23N3S. The molecule has 3 rings (SSSR count). The summed E-state index contributed by atoms with van der Waals surface area (Å²) in [7, 11) is 0. The molecule has 3 nitrogen and oxygen atoms in total. The van der Waals surface area contributed by atoms with Crippen LogP contribution in [0.15, 0.2) is 12.4 Å². The van der Waals surface area contributed by atoms with Crippen LogP contribution >= 0.6 is 11.8 Å². The number of hydrogen-bond acceptors (Lipinski definition) is 3. The third kappa shape index (κ3) is 3.02. The van der Waals surface area contributed by atoms with Crippen molar-refractivity contribution in [1.29, 1.82) is 0 Å². The van der Waals surface area contributed by atoms with E-state index >= 15 is 0 Å². The number of rotatable bonds is 4. The van der Waals surface area contributed by atoms with Crippen LogP contribution in [0.3, 0.4) is 0 Å². The van der Waals surface area contributed by atoms with Crippen LogP contribution < -0.4 is 5.32 Å². The van der Waals surface area contributed by atoms with Gasteiger partial charge in [-0.25, -0.2) is 4.98 Å². The molecule has 0 aromatic carbocycles. The largest absolute Gasteiger partial charge is 0.353 e. The molecule has 1 aromatic heterocycles. The van der Waals surface area contributed by atoms with Crippen molar-refractivity contribution < 1.29 is 0 Å². The highest BCUT2D eigenvalue weighted by Gasteiger charge is 2.19. The highest BCUT2D eigenvalue weighted by molar-refractivity contribution is 7.99. The predicted molar refractivity (Wildman–Crippen MR) is 78.2 cm³/mol. The van der Waals surface area contributed by atoms with Gasteiger partial charge in [-0.1, -0.05) is 12.8 Å². The van der Waals surface area contributed by atoms with E-state index in [1.165, 1.54) is 50.0 Å². The summed E-state index contributed by atoms with van der Waals surface area (Å²) in [4.78, 5) is 4.49. The van der Waals surface area contributed by atoms with Crippen molar-refractivity contribution in [2.24, 2.45) is 5.92 Å². The first kappa shape index (κ1) is 12.4. The summed E-state index contributed by atoms with van der Waals surface area (Å²) in [5.74, 6) is 4.62. The topological polar surface area (TPSA) is 29.9 Å². The molecule has 0 spiro atoms. The van der Waals surface area contributed by atoms with Crippen LogP contribution in [0.1, 0.15) is 38.5 Å². The first-order valence-electron chi connectivity index (χ1n) is 7.27. The van der Waals surface area contributed by atoms with Gasteiger partial charge in [-0.15, -0.1) is 0 Å². The van der Waals surface area contributed by atoms with Crippen molar-refractivity contribution in [3.63, 3.8) is 0 Å². The van der Waals surface area contributed by atoms with Crippen molar-refractivity contribution in [3.8, 4) is 0 Å². The van der Waals surface area contributed by atoms with Gasteiger partial charge in [-0.2, -0.15) is 11.8 Å². The fourth-order valence-corrected chi connectivity index (χ4v) is 4.26. The first-order chi connectivity index (χ1) is 8.92. The number of aromatic nitrogens is 2. The van der Waals surface area contributed by atoms with Gasteiger partial charge in [0, 0.05) is 25.0 Å². The lowest BCUT2D eigenvalue weighted by atomic mass is 10.0. The quantitative estimate of drug-likeness (QED) is 0.905. The zero-order valence-electron chi connectivity index (χ0n) is 11.0. The van der Waals surface area contributed by atoms with E-state index in [4.69, 9.17) is 0 Å². The Morgan fingerprint density at radius 1 is 1.22 bits per heavy atom. The minimum atomic E-state index is 0.660. The van der Waals surface area contributed by atoms with Crippen molar-refractivity contribution in [2.75, 3.05) is 16.8 Å². The minimum Gasteiger partial charge on any atom is -0.353 e. The minimum absolute atomic E-state index is 0.660. The van der Waals surface area contributed by atoms with Crippen LogP contribution in [0.4, 0.5) is 5.95 Å². The summed E-state index contributed by atoms with van der Waals surface area (Å²) in [6, 6.07) is 0.660. The van der Waals surface area contributed by atoms with Crippen molar-refractivity contribution in [1.82, 2.24) is 9.55 Å². The van der Waals surface area contributed by atoms with Crippen molar-refractivity contribution in [2.45, 2.75) is 51.1 Å². The number of nitrogens with zero attached hydrogens (tertiary/aromatic N) is 2. The van der Waals surface area contributed by atoms with Crippen LogP contribution in [-0.4, -0.2) is 27.1 Å². The maximum absolute atomic E-state index is 4.49. The Labute approximate surface area is 114 Å². The van der Waals surface area contributed by atoms with E-state index in [9.17, 15) is 0 Å².